The van der Waals surface area contributed by atoms with Crippen molar-refractivity contribution in [1.29, 1.82) is 0 Å². The minimum atomic E-state index is 0.430. The van der Waals surface area contributed by atoms with Crippen LogP contribution in [0.15, 0.2) is 22.7 Å². The first-order valence-corrected chi connectivity index (χ1v) is 7.94. The molecule has 1 unspecified atom stereocenters. The number of rotatable bonds is 3. The molecule has 2 heterocycles. The molecule has 1 aliphatic rings. The minimum absolute atomic E-state index is 0.430. The molecule has 0 radical (unpaired) electrons. The van der Waals surface area contributed by atoms with Crippen LogP contribution in [-0.4, -0.2) is 28.3 Å². The average molecular weight is 356 g/mol. The normalized spacial score (nSPS) is 19.2. The van der Waals surface area contributed by atoms with Crippen LogP contribution >= 0.6 is 27.5 Å². The first kappa shape index (κ1) is 14.0. The van der Waals surface area contributed by atoms with Crippen molar-refractivity contribution >= 4 is 27.5 Å². The van der Waals surface area contributed by atoms with E-state index in [0.717, 1.165) is 46.2 Å². The first-order chi connectivity index (χ1) is 9.70. The molecule has 1 fully saturated rings. The summed E-state index contributed by atoms with van der Waals surface area (Å²) in [5, 5.41) is 11.5. The van der Waals surface area contributed by atoms with Crippen LogP contribution in [0.25, 0.3) is 0 Å². The quantitative estimate of drug-likeness (QED) is 0.888. The second kappa shape index (κ2) is 6.24. The molecule has 1 saturated heterocycles. The third-order valence-electron chi connectivity index (χ3n) is 3.50. The number of hydrogen-bond acceptors (Lipinski definition) is 3. The molecule has 1 aromatic carbocycles. The van der Waals surface area contributed by atoms with Gasteiger partial charge in [-0.3, -0.25) is 5.10 Å². The van der Waals surface area contributed by atoms with Crippen LogP contribution in [0.4, 0.5) is 0 Å². The summed E-state index contributed by atoms with van der Waals surface area (Å²) in [6, 6.07) is 5.89. The van der Waals surface area contributed by atoms with E-state index in [4.69, 9.17) is 11.6 Å². The number of nitrogens with zero attached hydrogens (tertiary/aromatic N) is 2. The molecule has 1 aromatic heterocycles. The van der Waals surface area contributed by atoms with Crippen molar-refractivity contribution < 1.29 is 0 Å². The van der Waals surface area contributed by atoms with Crippen molar-refractivity contribution in [1.82, 2.24) is 20.5 Å². The van der Waals surface area contributed by atoms with Gasteiger partial charge in [-0.1, -0.05) is 27.5 Å². The molecule has 3 rings (SSSR count). The van der Waals surface area contributed by atoms with Gasteiger partial charge < -0.3 is 5.32 Å². The van der Waals surface area contributed by atoms with Crippen molar-refractivity contribution in [3.8, 4) is 0 Å². The molecular formula is C14H16BrClN4. The van der Waals surface area contributed by atoms with Crippen LogP contribution in [-0.2, 0) is 6.42 Å². The van der Waals surface area contributed by atoms with Gasteiger partial charge in [-0.25, -0.2) is 4.98 Å². The van der Waals surface area contributed by atoms with Crippen LogP contribution in [0.1, 0.15) is 36.0 Å². The van der Waals surface area contributed by atoms with Crippen LogP contribution in [0.5, 0.6) is 0 Å². The van der Waals surface area contributed by atoms with Crippen molar-refractivity contribution in [2.75, 3.05) is 13.1 Å². The van der Waals surface area contributed by atoms with Crippen molar-refractivity contribution in [3.05, 3.63) is 44.9 Å². The Hall–Kier alpha value is -0.910. The third-order valence-corrected chi connectivity index (χ3v) is 4.18. The average Bonchev–Trinajstić information content (AvgIpc) is 2.87. The van der Waals surface area contributed by atoms with E-state index < -0.39 is 0 Å². The Morgan fingerprint density at radius 3 is 3.00 bits per heavy atom. The summed E-state index contributed by atoms with van der Waals surface area (Å²) in [6.45, 7) is 2.07. The van der Waals surface area contributed by atoms with Gasteiger partial charge >= 0.3 is 0 Å². The number of halogens is 2. The number of benzene rings is 1. The standard InChI is InChI=1S/C14H16BrClN4/c15-11-4-9(5-12(16)7-11)6-13-18-14(20-19-13)10-2-1-3-17-8-10/h4-5,7,10,17H,1-3,6,8H2,(H,18,19,20). The summed E-state index contributed by atoms with van der Waals surface area (Å²) >= 11 is 9.51. The highest BCUT2D eigenvalue weighted by Gasteiger charge is 2.19. The van der Waals surface area contributed by atoms with Gasteiger partial charge in [0.15, 0.2) is 5.82 Å². The maximum Gasteiger partial charge on any atom is 0.155 e. The topological polar surface area (TPSA) is 53.6 Å². The minimum Gasteiger partial charge on any atom is -0.316 e. The zero-order valence-corrected chi connectivity index (χ0v) is 13.3. The van der Waals surface area contributed by atoms with Gasteiger partial charge in [0.2, 0.25) is 0 Å². The predicted octanol–water partition coefficient (Wildman–Crippen LogP) is 3.28. The summed E-state index contributed by atoms with van der Waals surface area (Å²) < 4.78 is 0.983. The van der Waals surface area contributed by atoms with Crippen LogP contribution in [0.3, 0.4) is 0 Å². The number of piperidine rings is 1. The molecule has 0 saturated carbocycles. The lowest BCUT2D eigenvalue weighted by molar-refractivity contribution is 0.447. The maximum atomic E-state index is 6.06. The van der Waals surface area contributed by atoms with Gasteiger partial charge in [0, 0.05) is 28.4 Å². The van der Waals surface area contributed by atoms with E-state index in [0.29, 0.717) is 12.3 Å². The Morgan fingerprint density at radius 1 is 1.35 bits per heavy atom. The lowest BCUT2D eigenvalue weighted by Gasteiger charge is -2.19. The van der Waals surface area contributed by atoms with Gasteiger partial charge in [0.1, 0.15) is 5.82 Å². The van der Waals surface area contributed by atoms with Gasteiger partial charge in [-0.2, -0.15) is 5.10 Å². The Labute approximate surface area is 131 Å². The molecule has 0 aliphatic carbocycles. The van der Waals surface area contributed by atoms with E-state index in [2.05, 4.69) is 42.5 Å². The SMILES string of the molecule is Clc1cc(Br)cc(Cc2nc(C3CCCNC3)n[nH]2)c1. The predicted molar refractivity (Wildman–Crippen MR) is 83.2 cm³/mol. The maximum absolute atomic E-state index is 6.06. The zero-order valence-electron chi connectivity index (χ0n) is 11.0. The van der Waals surface area contributed by atoms with Crippen molar-refractivity contribution in [2.24, 2.45) is 0 Å². The Balaban J connectivity index is 1.73. The van der Waals surface area contributed by atoms with E-state index in [-0.39, 0.29) is 0 Å². The Bertz CT molecular complexity index is 572. The number of aromatic amines is 1. The molecule has 1 aliphatic heterocycles. The molecule has 106 valence electrons. The number of nitrogens with one attached hydrogen (secondary N) is 2. The summed E-state index contributed by atoms with van der Waals surface area (Å²) in [5.41, 5.74) is 1.12. The van der Waals surface area contributed by atoms with E-state index in [1.54, 1.807) is 0 Å². The zero-order chi connectivity index (χ0) is 13.9. The first-order valence-electron chi connectivity index (χ1n) is 6.77. The summed E-state index contributed by atoms with van der Waals surface area (Å²) in [6.07, 6.45) is 3.06. The van der Waals surface area contributed by atoms with Crippen molar-refractivity contribution in [2.45, 2.75) is 25.2 Å². The Morgan fingerprint density at radius 2 is 2.25 bits per heavy atom. The van der Waals surface area contributed by atoms with Gasteiger partial charge in [-0.15, -0.1) is 0 Å². The van der Waals surface area contributed by atoms with Crippen LogP contribution < -0.4 is 5.32 Å². The fourth-order valence-electron chi connectivity index (χ4n) is 2.55. The monoisotopic (exact) mass is 354 g/mol. The number of H-pyrrole nitrogens is 1. The van der Waals surface area contributed by atoms with E-state index in [1.165, 1.54) is 6.42 Å². The van der Waals surface area contributed by atoms with Gasteiger partial charge in [-0.05, 0) is 43.1 Å². The summed E-state index contributed by atoms with van der Waals surface area (Å²) in [7, 11) is 0. The summed E-state index contributed by atoms with van der Waals surface area (Å²) in [4.78, 5) is 4.62. The summed E-state index contributed by atoms with van der Waals surface area (Å²) in [5.74, 6) is 2.24. The second-order valence-electron chi connectivity index (χ2n) is 5.14. The number of aromatic nitrogens is 3. The van der Waals surface area contributed by atoms with Crippen molar-refractivity contribution in [3.63, 3.8) is 0 Å². The highest BCUT2D eigenvalue weighted by molar-refractivity contribution is 9.10. The van der Waals surface area contributed by atoms with Crippen LogP contribution in [0, 0.1) is 0 Å². The molecule has 6 heteroatoms. The lowest BCUT2D eigenvalue weighted by atomic mass is 9.99. The highest BCUT2D eigenvalue weighted by atomic mass is 79.9. The molecule has 0 amide bonds. The lowest BCUT2D eigenvalue weighted by Crippen LogP contribution is -2.28. The van der Waals surface area contributed by atoms with Crippen LogP contribution in [0.2, 0.25) is 5.02 Å². The fourth-order valence-corrected chi connectivity index (χ4v) is 3.48. The molecule has 20 heavy (non-hydrogen) atoms. The van der Waals surface area contributed by atoms with Gasteiger partial charge in [0.05, 0.1) is 0 Å². The van der Waals surface area contributed by atoms with Gasteiger partial charge in [0.25, 0.3) is 0 Å². The molecule has 2 N–H and O–H groups in total. The molecule has 4 nitrogen and oxygen atoms in total. The molecule has 0 spiro atoms. The Kier molecular flexibility index (Phi) is 4.38. The largest absolute Gasteiger partial charge is 0.316 e. The highest BCUT2D eigenvalue weighted by Crippen LogP contribution is 2.22. The molecular weight excluding hydrogens is 340 g/mol. The van der Waals surface area contributed by atoms with E-state index in [9.17, 15) is 0 Å². The molecule has 2 aromatic rings. The smallest absolute Gasteiger partial charge is 0.155 e. The van der Waals surface area contributed by atoms with E-state index in [1.807, 2.05) is 12.1 Å². The second-order valence-corrected chi connectivity index (χ2v) is 6.49. The molecule has 1 atom stereocenters. The fraction of sp³-hybridized carbons (Fsp3) is 0.429. The third kappa shape index (κ3) is 3.40. The number of hydrogen-bond donors (Lipinski definition) is 2. The molecule has 0 bridgehead atoms. The van der Waals surface area contributed by atoms with E-state index >= 15 is 0 Å².